The molecule has 0 saturated heterocycles. The highest BCUT2D eigenvalue weighted by molar-refractivity contribution is 6.35. The molecule has 0 unspecified atom stereocenters. The van der Waals surface area contributed by atoms with E-state index in [1.165, 1.54) is 5.56 Å². The predicted octanol–water partition coefficient (Wildman–Crippen LogP) is 6.83. The molecule has 0 saturated carbocycles. The molecule has 0 aliphatic rings. The van der Waals surface area contributed by atoms with Gasteiger partial charge in [-0.25, -0.2) is 0 Å². The Balaban J connectivity index is 1.91. The van der Waals surface area contributed by atoms with Crippen LogP contribution < -0.4 is 10.1 Å². The molecule has 3 rings (SSSR count). The second-order valence-electron chi connectivity index (χ2n) is 10.7. The first-order valence-corrected chi connectivity index (χ1v) is 13.5. The summed E-state index contributed by atoms with van der Waals surface area (Å²) in [6, 6.07) is 21.6. The van der Waals surface area contributed by atoms with Crippen molar-refractivity contribution in [2.45, 2.75) is 65.1 Å². The molecular formula is C31H36Cl2N2O3. The zero-order chi connectivity index (χ0) is 27.9. The van der Waals surface area contributed by atoms with Gasteiger partial charge in [-0.05, 0) is 60.2 Å². The van der Waals surface area contributed by atoms with Crippen LogP contribution in [0, 0.1) is 0 Å². The zero-order valence-electron chi connectivity index (χ0n) is 22.6. The summed E-state index contributed by atoms with van der Waals surface area (Å²) in [6.07, 6.45) is 0.344. The van der Waals surface area contributed by atoms with Crippen molar-refractivity contribution < 1.29 is 14.3 Å². The van der Waals surface area contributed by atoms with Crippen molar-refractivity contribution in [3.05, 3.63) is 99.5 Å². The van der Waals surface area contributed by atoms with Crippen molar-refractivity contribution in [2.24, 2.45) is 0 Å². The Labute approximate surface area is 236 Å². The molecule has 3 aromatic rings. The molecule has 5 nitrogen and oxygen atoms in total. The minimum Gasteiger partial charge on any atom is -0.484 e. The fourth-order valence-electron chi connectivity index (χ4n) is 4.05. The third-order valence-electron chi connectivity index (χ3n) is 6.14. The molecule has 202 valence electrons. The average Bonchev–Trinajstić information content (AvgIpc) is 2.85. The number of carbonyl (C=O) groups is 2. The van der Waals surface area contributed by atoms with Gasteiger partial charge in [0.1, 0.15) is 11.8 Å². The van der Waals surface area contributed by atoms with Gasteiger partial charge in [-0.1, -0.05) is 92.5 Å². The molecule has 3 aromatic carbocycles. The Hall–Kier alpha value is -3.02. The van der Waals surface area contributed by atoms with Crippen LogP contribution in [0.2, 0.25) is 10.0 Å². The summed E-state index contributed by atoms with van der Waals surface area (Å²) in [7, 11) is 0. The van der Waals surface area contributed by atoms with E-state index < -0.39 is 6.04 Å². The van der Waals surface area contributed by atoms with E-state index in [1.807, 2.05) is 68.4 Å². The molecule has 1 atom stereocenters. The Morgan fingerprint density at radius 2 is 1.61 bits per heavy atom. The van der Waals surface area contributed by atoms with Crippen LogP contribution in [0.1, 0.15) is 51.3 Å². The Kier molecular flexibility index (Phi) is 10.2. The highest BCUT2D eigenvalue weighted by Gasteiger charge is 2.31. The summed E-state index contributed by atoms with van der Waals surface area (Å²) in [5.74, 6) is 0.0228. The molecule has 7 heteroatoms. The lowest BCUT2D eigenvalue weighted by molar-refractivity contribution is -0.143. The van der Waals surface area contributed by atoms with E-state index in [1.54, 1.807) is 23.1 Å². The SMILES string of the molecule is CC(C)NC(=O)[C@@H](Cc1ccccc1)N(Cc1ccc(Cl)cc1Cl)C(=O)COc1ccc(C(C)(C)C)cc1. The van der Waals surface area contributed by atoms with Crippen LogP contribution in [-0.2, 0) is 28.0 Å². The molecular weight excluding hydrogens is 519 g/mol. The number of hydrogen-bond acceptors (Lipinski definition) is 3. The molecule has 38 heavy (non-hydrogen) atoms. The van der Waals surface area contributed by atoms with E-state index >= 15 is 0 Å². The third kappa shape index (κ3) is 8.50. The number of carbonyl (C=O) groups excluding carboxylic acids is 2. The molecule has 0 bridgehead atoms. The third-order valence-corrected chi connectivity index (χ3v) is 6.73. The second kappa shape index (κ2) is 13.2. The van der Waals surface area contributed by atoms with Gasteiger partial charge in [0, 0.05) is 29.1 Å². The van der Waals surface area contributed by atoms with Gasteiger partial charge >= 0.3 is 0 Å². The van der Waals surface area contributed by atoms with Crippen molar-refractivity contribution in [2.75, 3.05) is 6.61 Å². The highest BCUT2D eigenvalue weighted by atomic mass is 35.5. The molecule has 0 radical (unpaired) electrons. The van der Waals surface area contributed by atoms with Crippen molar-refractivity contribution in [3.63, 3.8) is 0 Å². The summed E-state index contributed by atoms with van der Waals surface area (Å²) < 4.78 is 5.89. The topological polar surface area (TPSA) is 58.6 Å². The van der Waals surface area contributed by atoms with Crippen LogP contribution in [0.5, 0.6) is 5.75 Å². The van der Waals surface area contributed by atoms with E-state index in [-0.39, 0.29) is 36.4 Å². The lowest BCUT2D eigenvalue weighted by atomic mass is 9.87. The fraction of sp³-hybridized carbons (Fsp3) is 0.355. The summed E-state index contributed by atoms with van der Waals surface area (Å²) in [5.41, 5.74) is 2.81. The largest absolute Gasteiger partial charge is 0.484 e. The number of amides is 2. The summed E-state index contributed by atoms with van der Waals surface area (Å²) in [4.78, 5) is 28.7. The van der Waals surface area contributed by atoms with Gasteiger partial charge in [-0.15, -0.1) is 0 Å². The number of nitrogens with zero attached hydrogens (tertiary/aromatic N) is 1. The molecule has 0 aromatic heterocycles. The van der Waals surface area contributed by atoms with Gasteiger partial charge in [0.05, 0.1) is 0 Å². The Morgan fingerprint density at radius 3 is 2.18 bits per heavy atom. The highest BCUT2D eigenvalue weighted by Crippen LogP contribution is 2.26. The lowest BCUT2D eigenvalue weighted by Gasteiger charge is -2.32. The minimum absolute atomic E-state index is 0.0113. The monoisotopic (exact) mass is 554 g/mol. The first kappa shape index (κ1) is 29.5. The lowest BCUT2D eigenvalue weighted by Crippen LogP contribution is -2.52. The molecule has 0 spiro atoms. The van der Waals surface area contributed by atoms with Crippen molar-refractivity contribution >= 4 is 35.0 Å². The number of nitrogens with one attached hydrogen (secondary N) is 1. The number of rotatable bonds is 10. The van der Waals surface area contributed by atoms with E-state index in [0.29, 0.717) is 27.8 Å². The maximum Gasteiger partial charge on any atom is 0.261 e. The average molecular weight is 556 g/mol. The minimum atomic E-state index is -0.772. The Morgan fingerprint density at radius 1 is 0.947 bits per heavy atom. The molecule has 2 amide bonds. The van der Waals surface area contributed by atoms with Crippen LogP contribution in [0.3, 0.4) is 0 Å². The number of halogens is 2. The van der Waals surface area contributed by atoms with E-state index in [9.17, 15) is 9.59 Å². The predicted molar refractivity (Wildman–Crippen MR) is 155 cm³/mol. The first-order valence-electron chi connectivity index (χ1n) is 12.7. The van der Waals surface area contributed by atoms with Crippen LogP contribution in [0.15, 0.2) is 72.8 Å². The quantitative estimate of drug-likeness (QED) is 0.298. The standard InChI is InChI=1S/C31H36Cl2N2O3/c1-21(2)34-30(37)28(17-22-9-7-6-8-10-22)35(19-23-11-14-25(32)18-27(23)33)29(36)20-38-26-15-12-24(13-16-26)31(3,4)5/h6-16,18,21,28H,17,19-20H2,1-5H3,(H,34,37)/t28-/m1/s1. The molecule has 1 N–H and O–H groups in total. The molecule has 0 fully saturated rings. The van der Waals surface area contributed by atoms with Crippen molar-refractivity contribution in [1.82, 2.24) is 10.2 Å². The van der Waals surface area contributed by atoms with Crippen molar-refractivity contribution in [1.29, 1.82) is 0 Å². The van der Waals surface area contributed by atoms with Crippen LogP contribution in [-0.4, -0.2) is 35.4 Å². The zero-order valence-corrected chi connectivity index (χ0v) is 24.1. The molecule has 0 aliphatic heterocycles. The summed E-state index contributed by atoms with van der Waals surface area (Å²) in [6.45, 7) is 10.1. The van der Waals surface area contributed by atoms with E-state index in [0.717, 1.165) is 5.56 Å². The normalized spacial score (nSPS) is 12.2. The number of hydrogen-bond donors (Lipinski definition) is 1. The number of ether oxygens (including phenoxy) is 1. The van der Waals surface area contributed by atoms with Gasteiger partial charge in [0.2, 0.25) is 5.91 Å². The van der Waals surface area contributed by atoms with Crippen LogP contribution in [0.25, 0.3) is 0 Å². The second-order valence-corrected chi connectivity index (χ2v) is 11.5. The van der Waals surface area contributed by atoms with E-state index in [2.05, 4.69) is 26.1 Å². The van der Waals surface area contributed by atoms with Gasteiger partial charge < -0.3 is 15.0 Å². The molecule has 0 aliphatic carbocycles. The van der Waals surface area contributed by atoms with Crippen molar-refractivity contribution in [3.8, 4) is 5.75 Å². The fourth-order valence-corrected chi connectivity index (χ4v) is 4.52. The van der Waals surface area contributed by atoms with E-state index in [4.69, 9.17) is 27.9 Å². The summed E-state index contributed by atoms with van der Waals surface area (Å²) >= 11 is 12.6. The van der Waals surface area contributed by atoms with Crippen LogP contribution >= 0.6 is 23.2 Å². The van der Waals surface area contributed by atoms with Gasteiger partial charge in [-0.2, -0.15) is 0 Å². The van der Waals surface area contributed by atoms with Gasteiger partial charge in [0.15, 0.2) is 6.61 Å². The number of benzene rings is 3. The van der Waals surface area contributed by atoms with Gasteiger partial charge in [0.25, 0.3) is 5.91 Å². The Bertz CT molecular complexity index is 1220. The summed E-state index contributed by atoms with van der Waals surface area (Å²) in [5, 5.41) is 3.90. The van der Waals surface area contributed by atoms with Crippen LogP contribution in [0.4, 0.5) is 0 Å². The van der Waals surface area contributed by atoms with Gasteiger partial charge in [-0.3, -0.25) is 9.59 Å². The maximum absolute atomic E-state index is 13.7. The maximum atomic E-state index is 13.7. The molecule has 0 heterocycles. The first-order chi connectivity index (χ1) is 17.9. The smallest absolute Gasteiger partial charge is 0.261 e.